The fraction of sp³-hybridized carbons (Fsp3) is 0.476. The monoisotopic (exact) mass is 1200 g/mol. The van der Waals surface area contributed by atoms with Gasteiger partial charge >= 0.3 is 0 Å². The zero-order valence-corrected chi connectivity index (χ0v) is 59.8. The predicted octanol–water partition coefficient (Wildman–Crippen LogP) is 22.9. The fourth-order valence-electron chi connectivity index (χ4n) is 12.0. The molecule has 6 atom stereocenters. The lowest BCUT2D eigenvalue weighted by molar-refractivity contribution is 0.116. The van der Waals surface area contributed by atoms with E-state index in [0.717, 1.165) is 38.5 Å². The van der Waals surface area contributed by atoms with Gasteiger partial charge in [0.05, 0.1) is 24.4 Å². The SMILES string of the molecule is C/C=C(C)/C=C/C=C(C)/C=C/[C@H]1C(C)=C[C@@H](O)CC1(C)C.C/C=C(C)/C=C/C=C(C)/C=C/[C@H]1C(C)=C[C@H](O)CC1(C)C.C/C=C/C=C(C)/C=C/C=C(C)/C=C/C1=C(C)C[C@@H](O)CC1(C)C.C/C=C/C=C(C)/C=C/C=C(C)/C=C/C1=C(C)C[C@@H](O)CC1(C)C. The Morgan fingerprint density at radius 1 is 0.375 bits per heavy atom. The molecule has 0 unspecified atom stereocenters. The summed E-state index contributed by atoms with van der Waals surface area (Å²) >= 11 is 0. The van der Waals surface area contributed by atoms with Gasteiger partial charge in [-0.15, -0.1) is 0 Å². The van der Waals surface area contributed by atoms with Crippen molar-refractivity contribution in [2.45, 2.75) is 229 Å². The van der Waals surface area contributed by atoms with E-state index in [1.807, 2.05) is 64.2 Å². The van der Waals surface area contributed by atoms with Gasteiger partial charge in [-0.3, -0.25) is 0 Å². The first-order valence-electron chi connectivity index (χ1n) is 32.5. The van der Waals surface area contributed by atoms with Crippen LogP contribution in [0.15, 0.2) is 260 Å². The lowest BCUT2D eigenvalue weighted by atomic mass is 9.67. The number of aliphatic hydroxyl groups is 4. The summed E-state index contributed by atoms with van der Waals surface area (Å²) < 4.78 is 0. The maximum absolute atomic E-state index is 9.95. The molecule has 0 aliphatic heterocycles. The topological polar surface area (TPSA) is 80.9 Å². The minimum absolute atomic E-state index is 0.0418. The average molecular weight is 1200 g/mol. The maximum atomic E-state index is 9.95. The highest BCUT2D eigenvalue weighted by molar-refractivity contribution is 5.40. The normalized spacial score (nSPS) is 25.5. The molecule has 0 saturated heterocycles. The first-order valence-corrected chi connectivity index (χ1v) is 32.5. The van der Waals surface area contributed by atoms with Crippen molar-refractivity contribution in [3.8, 4) is 0 Å². The van der Waals surface area contributed by atoms with Crippen LogP contribution in [0, 0.1) is 33.5 Å². The Kier molecular flexibility index (Phi) is 36.4. The Balaban J connectivity index is 0.000000587. The summed E-state index contributed by atoms with van der Waals surface area (Å²) in [5, 5.41) is 39.7. The summed E-state index contributed by atoms with van der Waals surface area (Å²) in [4.78, 5) is 0. The highest BCUT2D eigenvalue weighted by Gasteiger charge is 2.36. The Morgan fingerprint density at radius 2 is 0.648 bits per heavy atom. The maximum Gasteiger partial charge on any atom is 0.0729 e. The van der Waals surface area contributed by atoms with Gasteiger partial charge in [0.1, 0.15) is 0 Å². The van der Waals surface area contributed by atoms with Gasteiger partial charge in [0, 0.05) is 11.8 Å². The van der Waals surface area contributed by atoms with E-state index in [9.17, 15) is 20.4 Å². The second kappa shape index (κ2) is 40.0. The fourth-order valence-corrected chi connectivity index (χ4v) is 12.0. The molecule has 0 saturated carbocycles. The molecule has 4 rings (SSSR count). The minimum Gasteiger partial charge on any atom is -0.393 e. The summed E-state index contributed by atoms with van der Waals surface area (Å²) in [6.07, 6.45) is 67.5. The molecule has 484 valence electrons. The Labute approximate surface area is 540 Å². The third-order valence-corrected chi connectivity index (χ3v) is 17.0. The second-order valence-electron chi connectivity index (χ2n) is 28.0. The van der Waals surface area contributed by atoms with Crippen LogP contribution >= 0.6 is 0 Å². The van der Waals surface area contributed by atoms with Gasteiger partial charge < -0.3 is 20.4 Å². The molecule has 0 radical (unpaired) electrons. The molecule has 4 aliphatic rings. The van der Waals surface area contributed by atoms with E-state index in [1.165, 1.54) is 78.0 Å². The smallest absolute Gasteiger partial charge is 0.0729 e. The van der Waals surface area contributed by atoms with Crippen molar-refractivity contribution >= 4 is 0 Å². The van der Waals surface area contributed by atoms with Crippen LogP contribution in [-0.2, 0) is 0 Å². The van der Waals surface area contributed by atoms with Crippen LogP contribution in [0.2, 0.25) is 0 Å². The molecule has 4 heteroatoms. The van der Waals surface area contributed by atoms with E-state index in [-0.39, 0.29) is 46.1 Å². The highest BCUT2D eigenvalue weighted by Crippen LogP contribution is 2.45. The van der Waals surface area contributed by atoms with E-state index in [0.29, 0.717) is 11.8 Å². The van der Waals surface area contributed by atoms with Crippen molar-refractivity contribution in [1.82, 2.24) is 0 Å². The Hall–Kier alpha value is -5.88. The molecule has 0 aromatic heterocycles. The third kappa shape index (κ3) is 31.5. The first kappa shape index (κ1) is 80.1. The molecule has 0 heterocycles. The van der Waals surface area contributed by atoms with Crippen LogP contribution in [-0.4, -0.2) is 44.8 Å². The Bertz CT molecular complexity index is 2750. The van der Waals surface area contributed by atoms with E-state index < -0.39 is 0 Å². The van der Waals surface area contributed by atoms with Crippen molar-refractivity contribution in [3.05, 3.63) is 260 Å². The predicted molar refractivity (Wildman–Crippen MR) is 391 cm³/mol. The summed E-state index contributed by atoms with van der Waals surface area (Å²) in [7, 11) is 0. The lowest BCUT2D eigenvalue weighted by Crippen LogP contribution is -2.32. The molecule has 0 fully saturated rings. The molecule has 0 aromatic carbocycles. The van der Waals surface area contributed by atoms with Crippen LogP contribution in [0.3, 0.4) is 0 Å². The highest BCUT2D eigenvalue weighted by atomic mass is 16.3. The number of hydrogen-bond acceptors (Lipinski definition) is 4. The van der Waals surface area contributed by atoms with E-state index >= 15 is 0 Å². The standard InChI is InChI=1S/2C22H32O.2C20H30O/c2*1-7-8-10-17(2)11-9-12-18(3)13-14-21-19(4)15-20(23)16-22(21,5)6;2*1-7-15(2)9-8-10-16(3)11-12-19-17(4)13-18(21)14-20(19,5)6/h2*7-14,20,23H,15-16H2,1-6H3;2*7-13,18-19,21H,14H2,1-6H3/b2*8-7+,11-9+,14-13+,17-10+,18-12+;2*9-8+,12-11+,15-7+,16-10+/t2*20-;18-,19+;18-,19-/m1110/s1. The van der Waals surface area contributed by atoms with Gasteiger partial charge in [0.15, 0.2) is 0 Å². The molecule has 0 bridgehead atoms. The molecule has 0 spiro atoms. The molecule has 88 heavy (non-hydrogen) atoms. The van der Waals surface area contributed by atoms with Crippen molar-refractivity contribution in [2.24, 2.45) is 33.5 Å². The molecule has 4 aliphatic carbocycles. The number of hydrogen-bond donors (Lipinski definition) is 4. The molecule has 0 aromatic rings. The zero-order valence-electron chi connectivity index (χ0n) is 59.8. The van der Waals surface area contributed by atoms with Crippen LogP contribution in [0.1, 0.15) is 205 Å². The molecule has 4 nitrogen and oxygen atoms in total. The number of rotatable bonds is 18. The lowest BCUT2D eigenvalue weighted by Gasteiger charge is -2.38. The van der Waals surface area contributed by atoms with Crippen LogP contribution in [0.5, 0.6) is 0 Å². The average Bonchev–Trinajstić information content (AvgIpc) is 1.62. The van der Waals surface area contributed by atoms with E-state index in [4.69, 9.17) is 0 Å². The van der Waals surface area contributed by atoms with Gasteiger partial charge in [0.25, 0.3) is 0 Å². The number of allylic oxidation sites excluding steroid dienone is 40. The molecular formula is C84H124O4. The van der Waals surface area contributed by atoms with Crippen LogP contribution in [0.4, 0.5) is 0 Å². The quantitative estimate of drug-likeness (QED) is 0.0814. The minimum atomic E-state index is -0.298. The molecule has 4 N–H and O–H groups in total. The van der Waals surface area contributed by atoms with E-state index in [1.54, 1.807) is 0 Å². The molecule has 0 amide bonds. The largest absolute Gasteiger partial charge is 0.393 e. The first-order chi connectivity index (χ1) is 41.0. The van der Waals surface area contributed by atoms with Gasteiger partial charge in [-0.2, -0.15) is 0 Å². The van der Waals surface area contributed by atoms with Gasteiger partial charge in [-0.05, 0) is 182 Å². The van der Waals surface area contributed by atoms with Gasteiger partial charge in [-0.25, -0.2) is 0 Å². The summed E-state index contributed by atoms with van der Waals surface area (Å²) in [6, 6.07) is 0. The van der Waals surface area contributed by atoms with Gasteiger partial charge in [0.2, 0.25) is 0 Å². The van der Waals surface area contributed by atoms with Crippen molar-refractivity contribution < 1.29 is 20.4 Å². The van der Waals surface area contributed by atoms with Crippen LogP contribution in [0.25, 0.3) is 0 Å². The van der Waals surface area contributed by atoms with Crippen LogP contribution < -0.4 is 0 Å². The van der Waals surface area contributed by atoms with Crippen molar-refractivity contribution in [1.29, 1.82) is 0 Å². The third-order valence-electron chi connectivity index (χ3n) is 17.0. The summed E-state index contributed by atoms with van der Waals surface area (Å²) in [5.41, 5.74) is 18.1. The number of aliphatic hydroxyl groups excluding tert-OH is 4. The Morgan fingerprint density at radius 3 is 0.920 bits per heavy atom. The van der Waals surface area contributed by atoms with E-state index in [2.05, 4.69) is 284 Å². The van der Waals surface area contributed by atoms with Gasteiger partial charge in [-0.1, -0.05) is 305 Å². The van der Waals surface area contributed by atoms with Crippen molar-refractivity contribution in [3.63, 3.8) is 0 Å². The summed E-state index contributed by atoms with van der Waals surface area (Å²) in [5.74, 6) is 0.788. The zero-order chi connectivity index (χ0) is 67.0. The molecular weight excluding hydrogens is 1070 g/mol. The van der Waals surface area contributed by atoms with Crippen molar-refractivity contribution in [2.75, 3.05) is 0 Å². The summed E-state index contributed by atoms with van der Waals surface area (Å²) in [6.45, 7) is 51.3. The second-order valence-corrected chi connectivity index (χ2v) is 28.0.